The summed E-state index contributed by atoms with van der Waals surface area (Å²) in [7, 11) is 0. The molecule has 0 unspecified atom stereocenters. The maximum atomic E-state index is 12.0. The van der Waals surface area contributed by atoms with Gasteiger partial charge in [-0.1, -0.05) is 0 Å². The largest absolute Gasteiger partial charge is 0.331 e. The molecule has 0 bridgehead atoms. The Balaban J connectivity index is 1.91. The van der Waals surface area contributed by atoms with Crippen LogP contribution in [-0.4, -0.2) is 25.8 Å². The van der Waals surface area contributed by atoms with Crippen molar-refractivity contribution in [1.82, 2.24) is 19.9 Å². The molecular formula is C12H13N5O2. The highest BCUT2D eigenvalue weighted by molar-refractivity contribution is 6.03. The number of aromatic amines is 2. The number of hydrogen-bond acceptors (Lipinski definition) is 4. The number of amides is 1. The summed E-state index contributed by atoms with van der Waals surface area (Å²) < 4.78 is 0. The molecule has 2 aromatic heterocycles. The minimum Gasteiger partial charge on any atom is -0.331 e. The van der Waals surface area contributed by atoms with E-state index in [9.17, 15) is 9.59 Å². The van der Waals surface area contributed by atoms with Gasteiger partial charge < -0.3 is 9.97 Å². The summed E-state index contributed by atoms with van der Waals surface area (Å²) in [4.78, 5) is 37.6. The number of carbonyl (C=O) groups excluding carboxylic acids is 1. The smallest absolute Gasteiger partial charge is 0.265 e. The van der Waals surface area contributed by atoms with Crippen LogP contribution in [0.25, 0.3) is 0 Å². The molecule has 7 heteroatoms. The molecule has 1 saturated carbocycles. The zero-order valence-electron chi connectivity index (χ0n) is 10.4. The number of rotatable bonds is 3. The molecule has 98 valence electrons. The molecule has 2 aromatic rings. The number of nitrogens with one attached hydrogen (secondary N) is 3. The second-order valence-corrected chi connectivity index (χ2v) is 4.58. The number of aryl methyl sites for hydroxylation is 1. The fourth-order valence-corrected chi connectivity index (χ4v) is 1.93. The lowest BCUT2D eigenvalue weighted by Crippen LogP contribution is -2.27. The quantitative estimate of drug-likeness (QED) is 0.762. The van der Waals surface area contributed by atoms with E-state index >= 15 is 0 Å². The van der Waals surface area contributed by atoms with Gasteiger partial charge in [0.05, 0.1) is 5.69 Å². The average Bonchev–Trinajstić information content (AvgIpc) is 3.08. The summed E-state index contributed by atoms with van der Waals surface area (Å²) in [6, 6.07) is 0. The van der Waals surface area contributed by atoms with Crippen molar-refractivity contribution in [3.63, 3.8) is 0 Å². The molecule has 0 spiro atoms. The van der Waals surface area contributed by atoms with E-state index in [4.69, 9.17) is 0 Å². The highest BCUT2D eigenvalue weighted by atomic mass is 16.2. The molecule has 0 radical (unpaired) electrons. The molecule has 0 aliphatic heterocycles. The van der Waals surface area contributed by atoms with E-state index in [1.807, 2.05) is 0 Å². The molecule has 19 heavy (non-hydrogen) atoms. The number of imidazole rings is 1. The zero-order chi connectivity index (χ0) is 13.4. The minimum absolute atomic E-state index is 0.0285. The Labute approximate surface area is 108 Å². The molecular weight excluding hydrogens is 246 g/mol. The van der Waals surface area contributed by atoms with E-state index in [1.165, 1.54) is 6.20 Å². The molecule has 1 aliphatic rings. The van der Waals surface area contributed by atoms with Crippen molar-refractivity contribution in [2.75, 3.05) is 5.32 Å². The van der Waals surface area contributed by atoms with Crippen LogP contribution in [0.15, 0.2) is 17.2 Å². The Morgan fingerprint density at radius 1 is 1.47 bits per heavy atom. The molecule has 7 nitrogen and oxygen atoms in total. The number of anilines is 1. The third-order valence-corrected chi connectivity index (χ3v) is 3.04. The molecule has 1 fully saturated rings. The number of hydrogen-bond donors (Lipinski definition) is 3. The number of H-pyrrole nitrogens is 2. The van der Waals surface area contributed by atoms with Gasteiger partial charge in [0.15, 0.2) is 0 Å². The summed E-state index contributed by atoms with van der Waals surface area (Å²) in [5, 5.41) is 2.52. The second kappa shape index (κ2) is 4.34. The SMILES string of the molecule is Cc1nc(C2CC2)[nH]c(=O)c1C(=O)Nc1ncc[nH]1. The van der Waals surface area contributed by atoms with Gasteiger partial charge >= 0.3 is 0 Å². The molecule has 3 N–H and O–H groups in total. The third-order valence-electron chi connectivity index (χ3n) is 3.04. The summed E-state index contributed by atoms with van der Waals surface area (Å²) in [6.07, 6.45) is 5.18. The van der Waals surface area contributed by atoms with Gasteiger partial charge in [-0.2, -0.15) is 0 Å². The van der Waals surface area contributed by atoms with Gasteiger partial charge in [0, 0.05) is 18.3 Å². The molecule has 0 aromatic carbocycles. The van der Waals surface area contributed by atoms with E-state index < -0.39 is 11.5 Å². The van der Waals surface area contributed by atoms with Crippen molar-refractivity contribution in [2.24, 2.45) is 0 Å². The maximum absolute atomic E-state index is 12.0. The van der Waals surface area contributed by atoms with E-state index in [2.05, 4.69) is 25.3 Å². The van der Waals surface area contributed by atoms with Crippen LogP contribution >= 0.6 is 0 Å². The normalized spacial score (nSPS) is 14.4. The van der Waals surface area contributed by atoms with Crippen LogP contribution in [0.4, 0.5) is 5.95 Å². The van der Waals surface area contributed by atoms with Crippen LogP contribution in [0, 0.1) is 6.92 Å². The van der Waals surface area contributed by atoms with Crippen molar-refractivity contribution in [2.45, 2.75) is 25.7 Å². The summed E-state index contributed by atoms with van der Waals surface area (Å²) in [5.74, 6) is 0.809. The van der Waals surface area contributed by atoms with Crippen molar-refractivity contribution in [3.8, 4) is 0 Å². The van der Waals surface area contributed by atoms with E-state index in [0.717, 1.165) is 12.8 Å². The zero-order valence-corrected chi connectivity index (χ0v) is 10.4. The van der Waals surface area contributed by atoms with Crippen molar-refractivity contribution < 1.29 is 4.79 Å². The van der Waals surface area contributed by atoms with Crippen LogP contribution in [0.3, 0.4) is 0 Å². The van der Waals surface area contributed by atoms with Gasteiger partial charge in [-0.05, 0) is 19.8 Å². The Morgan fingerprint density at radius 2 is 2.26 bits per heavy atom. The maximum Gasteiger partial charge on any atom is 0.265 e. The lowest BCUT2D eigenvalue weighted by atomic mass is 10.2. The Bertz CT molecular complexity index is 670. The number of nitrogens with zero attached hydrogens (tertiary/aromatic N) is 2. The highest BCUT2D eigenvalue weighted by Crippen LogP contribution is 2.37. The molecule has 0 atom stereocenters. The molecule has 3 rings (SSSR count). The van der Waals surface area contributed by atoms with Gasteiger partial charge in [0.1, 0.15) is 11.4 Å². The van der Waals surface area contributed by atoms with Crippen LogP contribution in [0.1, 0.15) is 40.6 Å². The van der Waals surface area contributed by atoms with Crippen molar-refractivity contribution in [3.05, 3.63) is 39.8 Å². The lowest BCUT2D eigenvalue weighted by molar-refractivity contribution is 0.102. The fourth-order valence-electron chi connectivity index (χ4n) is 1.93. The first kappa shape index (κ1) is 11.6. The fraction of sp³-hybridized carbons (Fsp3) is 0.333. The summed E-state index contributed by atoms with van der Waals surface area (Å²) in [5.41, 5.74) is 0.0639. The average molecular weight is 259 g/mol. The van der Waals surface area contributed by atoms with Crippen LogP contribution in [0.2, 0.25) is 0 Å². The standard InChI is InChI=1S/C12H13N5O2/c1-6-8(11(19)17-12-13-4-5-14-12)10(18)16-9(15-6)7-2-3-7/h4-5,7H,2-3H2,1H3,(H,15,16,18)(H2,13,14,17,19). The molecule has 1 amide bonds. The van der Waals surface area contributed by atoms with Gasteiger partial charge in [-0.3, -0.25) is 14.9 Å². The predicted molar refractivity (Wildman–Crippen MR) is 68.1 cm³/mol. The summed E-state index contributed by atoms with van der Waals surface area (Å²) >= 11 is 0. The van der Waals surface area contributed by atoms with Gasteiger partial charge in [-0.15, -0.1) is 0 Å². The highest BCUT2D eigenvalue weighted by Gasteiger charge is 2.28. The number of aromatic nitrogens is 4. The van der Waals surface area contributed by atoms with E-state index in [-0.39, 0.29) is 5.56 Å². The summed E-state index contributed by atoms with van der Waals surface area (Å²) in [6.45, 7) is 1.66. The Morgan fingerprint density at radius 3 is 2.84 bits per heavy atom. The number of carbonyl (C=O) groups is 1. The van der Waals surface area contributed by atoms with Crippen LogP contribution < -0.4 is 10.9 Å². The Hall–Kier alpha value is -2.44. The van der Waals surface area contributed by atoms with E-state index in [1.54, 1.807) is 13.1 Å². The first-order chi connectivity index (χ1) is 9.15. The first-order valence-electron chi connectivity index (χ1n) is 6.06. The van der Waals surface area contributed by atoms with Gasteiger partial charge in [0.2, 0.25) is 5.95 Å². The van der Waals surface area contributed by atoms with Gasteiger partial charge in [-0.25, -0.2) is 9.97 Å². The predicted octanol–water partition coefficient (Wildman–Crippen LogP) is 0.931. The first-order valence-corrected chi connectivity index (χ1v) is 6.06. The molecule has 1 aliphatic carbocycles. The second-order valence-electron chi connectivity index (χ2n) is 4.58. The van der Waals surface area contributed by atoms with Crippen LogP contribution in [-0.2, 0) is 0 Å². The molecule has 0 saturated heterocycles. The lowest BCUT2D eigenvalue weighted by Gasteiger charge is -2.06. The minimum atomic E-state index is -0.511. The topological polar surface area (TPSA) is 104 Å². The van der Waals surface area contributed by atoms with E-state index in [0.29, 0.717) is 23.4 Å². The monoisotopic (exact) mass is 259 g/mol. The van der Waals surface area contributed by atoms with Crippen LogP contribution in [0.5, 0.6) is 0 Å². The van der Waals surface area contributed by atoms with Crippen molar-refractivity contribution in [1.29, 1.82) is 0 Å². The molecule has 2 heterocycles. The van der Waals surface area contributed by atoms with Crippen molar-refractivity contribution >= 4 is 11.9 Å². The van der Waals surface area contributed by atoms with Gasteiger partial charge in [0.25, 0.3) is 11.5 Å². The Kier molecular flexibility index (Phi) is 2.66. The third kappa shape index (κ3) is 2.26.